The maximum absolute atomic E-state index is 13.6. The molecule has 0 bridgehead atoms. The number of aliphatic carboxylic acids is 1. The highest BCUT2D eigenvalue weighted by Crippen LogP contribution is 2.22. The summed E-state index contributed by atoms with van der Waals surface area (Å²) in [7, 11) is 0. The molecule has 1 aromatic carbocycles. The first-order valence-corrected chi connectivity index (χ1v) is 13.2. The molecular weight excluding hydrogens is 474 g/mol. The number of carbonyl (C=O) groups excluding carboxylic acids is 3. The number of hydrogen-bond acceptors (Lipinski definition) is 5. The molecule has 1 aromatic heterocycles. The molecule has 3 amide bonds. The Bertz CT molecular complexity index is 1140. The maximum Gasteiger partial charge on any atom is 0.326 e. The Hall–Kier alpha value is -3.40. The normalized spacial score (nSPS) is 21.2. The van der Waals surface area contributed by atoms with E-state index in [-0.39, 0.29) is 30.2 Å². The third kappa shape index (κ3) is 6.30. The average molecular weight is 512 g/mol. The van der Waals surface area contributed by atoms with Gasteiger partial charge in [0.15, 0.2) is 0 Å². The second-order valence-corrected chi connectivity index (χ2v) is 10.5. The summed E-state index contributed by atoms with van der Waals surface area (Å²) >= 11 is 0. The fourth-order valence-electron chi connectivity index (χ4n) is 5.37. The predicted molar refractivity (Wildman–Crippen MR) is 139 cm³/mol. The largest absolute Gasteiger partial charge is 0.480 e. The monoisotopic (exact) mass is 511 g/mol. The van der Waals surface area contributed by atoms with Crippen LogP contribution >= 0.6 is 0 Å². The minimum Gasteiger partial charge on any atom is -0.480 e. The van der Waals surface area contributed by atoms with Gasteiger partial charge in [0, 0.05) is 30.1 Å². The molecule has 200 valence electrons. The molecule has 2 saturated heterocycles. The molecule has 0 radical (unpaired) electrons. The van der Waals surface area contributed by atoms with Crippen LogP contribution in [0.3, 0.4) is 0 Å². The van der Waals surface area contributed by atoms with Gasteiger partial charge in [-0.2, -0.15) is 0 Å². The van der Waals surface area contributed by atoms with Crippen molar-refractivity contribution in [1.82, 2.24) is 25.8 Å². The minimum absolute atomic E-state index is 0.117. The van der Waals surface area contributed by atoms with Gasteiger partial charge >= 0.3 is 5.97 Å². The molecule has 2 aromatic rings. The molecule has 10 heteroatoms. The van der Waals surface area contributed by atoms with Crippen molar-refractivity contribution >= 4 is 34.6 Å². The Kier molecular flexibility index (Phi) is 8.48. The zero-order chi connectivity index (χ0) is 26.5. The molecule has 2 fully saturated rings. The van der Waals surface area contributed by atoms with Crippen molar-refractivity contribution in [2.24, 2.45) is 5.92 Å². The smallest absolute Gasteiger partial charge is 0.326 e. The number of aromatic amines is 1. The number of nitrogens with one attached hydrogen (secondary N) is 4. The van der Waals surface area contributed by atoms with Crippen molar-refractivity contribution in [2.45, 2.75) is 76.5 Å². The molecule has 37 heavy (non-hydrogen) atoms. The van der Waals surface area contributed by atoms with E-state index in [0.717, 1.165) is 35.9 Å². The lowest BCUT2D eigenvalue weighted by Gasteiger charge is -2.30. The van der Waals surface area contributed by atoms with E-state index in [1.54, 1.807) is 6.20 Å². The second-order valence-electron chi connectivity index (χ2n) is 10.5. The van der Waals surface area contributed by atoms with E-state index >= 15 is 0 Å². The van der Waals surface area contributed by atoms with E-state index in [1.165, 1.54) is 4.90 Å². The van der Waals surface area contributed by atoms with Gasteiger partial charge in [-0.3, -0.25) is 14.4 Å². The molecule has 2 aliphatic heterocycles. The van der Waals surface area contributed by atoms with Crippen LogP contribution in [0.5, 0.6) is 0 Å². The number of carboxylic acids is 1. The molecule has 0 aliphatic carbocycles. The summed E-state index contributed by atoms with van der Waals surface area (Å²) in [5, 5.41) is 19.5. The number of carboxylic acid groups (broad SMARTS) is 1. The number of para-hydroxylation sites is 1. The number of amides is 3. The first-order chi connectivity index (χ1) is 17.7. The SMILES string of the molecule is CC(C)CC(NC(=O)C1CCCN1)C(=O)N1CCCC1C(=O)NC(Cc1c[nH]c2ccccc12)C(=O)O. The molecule has 3 heterocycles. The van der Waals surface area contributed by atoms with Crippen LogP contribution in [0.15, 0.2) is 30.5 Å². The highest BCUT2D eigenvalue weighted by molar-refractivity contribution is 5.95. The standard InChI is InChI=1S/C27H37N5O5/c1-16(2)13-21(30-24(33)20-9-5-11-28-20)26(35)32-12-6-10-23(32)25(34)31-22(27(36)37)14-17-15-29-19-8-4-3-7-18(17)19/h3-4,7-8,15-16,20-23,28-29H,5-6,9-14H2,1-2H3,(H,30,33)(H,31,34)(H,36,37). The molecule has 4 unspecified atom stereocenters. The highest BCUT2D eigenvalue weighted by Gasteiger charge is 2.39. The van der Waals surface area contributed by atoms with Gasteiger partial charge < -0.3 is 30.9 Å². The fraction of sp³-hybridized carbons (Fsp3) is 0.556. The second kappa shape index (κ2) is 11.8. The van der Waals surface area contributed by atoms with E-state index in [1.807, 2.05) is 38.1 Å². The third-order valence-corrected chi connectivity index (χ3v) is 7.25. The molecule has 4 rings (SSSR count). The maximum atomic E-state index is 13.6. The number of benzene rings is 1. The first kappa shape index (κ1) is 26.7. The summed E-state index contributed by atoms with van der Waals surface area (Å²) in [6.07, 6.45) is 5.07. The third-order valence-electron chi connectivity index (χ3n) is 7.25. The van der Waals surface area contributed by atoms with Crippen molar-refractivity contribution in [3.05, 3.63) is 36.0 Å². The van der Waals surface area contributed by atoms with E-state index < -0.39 is 30.0 Å². The number of nitrogens with zero attached hydrogens (tertiary/aromatic N) is 1. The van der Waals surface area contributed by atoms with Crippen LogP contribution in [-0.2, 0) is 25.6 Å². The van der Waals surface area contributed by atoms with Gasteiger partial charge in [0.05, 0.1) is 6.04 Å². The molecule has 10 nitrogen and oxygen atoms in total. The van der Waals surface area contributed by atoms with Gasteiger partial charge in [0.25, 0.3) is 0 Å². The summed E-state index contributed by atoms with van der Waals surface area (Å²) < 4.78 is 0. The summed E-state index contributed by atoms with van der Waals surface area (Å²) in [6.45, 7) is 5.13. The summed E-state index contributed by atoms with van der Waals surface area (Å²) in [4.78, 5) is 56.3. The van der Waals surface area contributed by atoms with Crippen molar-refractivity contribution in [3.8, 4) is 0 Å². The zero-order valence-corrected chi connectivity index (χ0v) is 21.5. The van der Waals surface area contributed by atoms with Crippen molar-refractivity contribution < 1.29 is 24.3 Å². The zero-order valence-electron chi connectivity index (χ0n) is 21.5. The van der Waals surface area contributed by atoms with E-state index in [9.17, 15) is 24.3 Å². The fourth-order valence-corrected chi connectivity index (χ4v) is 5.37. The predicted octanol–water partition coefficient (Wildman–Crippen LogP) is 1.55. The summed E-state index contributed by atoms with van der Waals surface area (Å²) in [6, 6.07) is 4.64. The van der Waals surface area contributed by atoms with Gasteiger partial charge in [0.1, 0.15) is 18.1 Å². The molecule has 0 spiro atoms. The van der Waals surface area contributed by atoms with Crippen LogP contribution in [-0.4, -0.2) is 75.9 Å². The Labute approximate surface area is 216 Å². The Morgan fingerprint density at radius 2 is 1.81 bits per heavy atom. The van der Waals surface area contributed by atoms with E-state index in [4.69, 9.17) is 0 Å². The lowest BCUT2D eigenvalue weighted by molar-refractivity contribution is -0.145. The lowest BCUT2D eigenvalue weighted by Crippen LogP contribution is -2.57. The number of fused-ring (bicyclic) bond motifs is 1. The van der Waals surface area contributed by atoms with Gasteiger partial charge in [0.2, 0.25) is 17.7 Å². The van der Waals surface area contributed by atoms with Crippen LogP contribution < -0.4 is 16.0 Å². The van der Waals surface area contributed by atoms with Crippen molar-refractivity contribution in [3.63, 3.8) is 0 Å². The van der Waals surface area contributed by atoms with Crippen molar-refractivity contribution in [1.29, 1.82) is 0 Å². The number of H-pyrrole nitrogens is 1. The number of hydrogen-bond donors (Lipinski definition) is 5. The quantitative estimate of drug-likeness (QED) is 0.328. The molecule has 4 atom stereocenters. The summed E-state index contributed by atoms with van der Waals surface area (Å²) in [5.74, 6) is -1.94. The number of rotatable bonds is 10. The minimum atomic E-state index is -1.14. The van der Waals surface area contributed by atoms with Gasteiger partial charge in [-0.15, -0.1) is 0 Å². The molecule has 0 saturated carbocycles. The van der Waals surface area contributed by atoms with Gasteiger partial charge in [-0.05, 0) is 56.2 Å². The summed E-state index contributed by atoms with van der Waals surface area (Å²) in [5.41, 5.74) is 1.69. The van der Waals surface area contributed by atoms with E-state index in [0.29, 0.717) is 25.8 Å². The first-order valence-electron chi connectivity index (χ1n) is 13.2. The van der Waals surface area contributed by atoms with Gasteiger partial charge in [-0.1, -0.05) is 32.0 Å². The van der Waals surface area contributed by atoms with Crippen LogP contribution in [0, 0.1) is 5.92 Å². The van der Waals surface area contributed by atoms with Crippen LogP contribution in [0.4, 0.5) is 0 Å². The van der Waals surface area contributed by atoms with Crippen molar-refractivity contribution in [2.75, 3.05) is 13.1 Å². The van der Waals surface area contributed by atoms with E-state index in [2.05, 4.69) is 20.9 Å². The number of likely N-dealkylation sites (tertiary alicyclic amines) is 1. The molecular formula is C27H37N5O5. The molecule has 5 N–H and O–H groups in total. The average Bonchev–Trinajstić information content (AvgIpc) is 3.63. The topological polar surface area (TPSA) is 144 Å². The lowest BCUT2D eigenvalue weighted by atomic mass is 10.0. The molecule has 2 aliphatic rings. The number of carbonyl (C=O) groups is 4. The number of aromatic nitrogens is 1. The highest BCUT2D eigenvalue weighted by atomic mass is 16.4. The Morgan fingerprint density at radius 1 is 1.05 bits per heavy atom. The van der Waals surface area contributed by atoms with Crippen LogP contribution in [0.25, 0.3) is 10.9 Å². The van der Waals surface area contributed by atoms with Crippen LogP contribution in [0.1, 0.15) is 51.5 Å². The van der Waals surface area contributed by atoms with Gasteiger partial charge in [-0.25, -0.2) is 4.79 Å². The van der Waals surface area contributed by atoms with Crippen LogP contribution in [0.2, 0.25) is 0 Å². The Morgan fingerprint density at radius 3 is 2.51 bits per heavy atom. The Balaban J connectivity index is 1.44.